The fraction of sp³-hybridized carbons (Fsp3) is 0.588. The summed E-state index contributed by atoms with van der Waals surface area (Å²) in [7, 11) is 1.32. The predicted octanol–water partition coefficient (Wildman–Crippen LogP) is 2.52. The van der Waals surface area contributed by atoms with E-state index < -0.39 is 22.8 Å². The molecule has 1 aromatic heterocycles. The number of carbonyl (C=O) groups is 2. The summed E-state index contributed by atoms with van der Waals surface area (Å²) in [4.78, 5) is 32.0. The normalized spacial score (nSPS) is 14.5. The lowest BCUT2D eigenvalue weighted by molar-refractivity contribution is -0.151. The minimum Gasteiger partial charge on any atom is -0.469 e. The lowest BCUT2D eigenvalue weighted by Crippen LogP contribution is -2.43. The van der Waals surface area contributed by atoms with Gasteiger partial charge in [0.15, 0.2) is 6.07 Å². The Balaban J connectivity index is 3.26. The second-order valence-electron chi connectivity index (χ2n) is 6.28. The molecule has 0 bridgehead atoms. The minimum atomic E-state index is -1.48. The molecule has 0 fully saturated rings. The highest BCUT2D eigenvalue weighted by molar-refractivity contribution is 7.10. The molecular weight excluding hydrogens is 342 g/mol. The van der Waals surface area contributed by atoms with E-state index >= 15 is 0 Å². The summed E-state index contributed by atoms with van der Waals surface area (Å²) in [5.74, 6) is -1.03. The number of nitrogens with zero attached hydrogens (tertiary/aromatic N) is 3. The molecule has 25 heavy (non-hydrogen) atoms. The van der Waals surface area contributed by atoms with Gasteiger partial charge in [0.05, 0.1) is 24.8 Å². The third-order valence-corrected chi connectivity index (χ3v) is 4.98. The molecule has 0 amide bonds. The third kappa shape index (κ3) is 4.15. The molecule has 1 heterocycles. The molecule has 1 aromatic rings. The minimum absolute atomic E-state index is 0.137. The van der Waals surface area contributed by atoms with Gasteiger partial charge in [-0.25, -0.2) is 11.6 Å². The Kier molecular flexibility index (Phi) is 6.66. The van der Waals surface area contributed by atoms with Gasteiger partial charge in [0.1, 0.15) is 5.01 Å². The first-order valence-electron chi connectivity index (χ1n) is 7.64. The Bertz CT molecular complexity index is 715. The number of aromatic nitrogens is 1. The standard InChI is InChI=1S/C17H21N3O4S/c1-7-24-15(22)17(4,12(9-18)19-5)13-20-11(10-25-13)8-16(2,3)14(21)23-6/h10,12H,7-8H2,1-4,6H3. The van der Waals surface area contributed by atoms with Gasteiger partial charge in [0.2, 0.25) is 5.41 Å². The molecule has 0 radical (unpaired) electrons. The number of rotatable bonds is 7. The SMILES string of the molecule is [C-]#[N+]C(C#N)C(C)(C(=O)OCC)c1nc(CC(C)(C)C(=O)OC)cs1. The molecular formula is C17H21N3O4S. The summed E-state index contributed by atoms with van der Waals surface area (Å²) >= 11 is 1.17. The molecule has 2 atom stereocenters. The summed E-state index contributed by atoms with van der Waals surface area (Å²) in [5.41, 5.74) is -1.67. The van der Waals surface area contributed by atoms with Crippen LogP contribution in [-0.4, -0.2) is 36.7 Å². The zero-order valence-electron chi connectivity index (χ0n) is 15.0. The summed E-state index contributed by atoms with van der Waals surface area (Å²) in [6.45, 7) is 14.0. The number of thiazole rings is 1. The molecule has 0 saturated heterocycles. The van der Waals surface area contributed by atoms with Gasteiger partial charge in [-0.1, -0.05) is 0 Å². The summed E-state index contributed by atoms with van der Waals surface area (Å²) in [5, 5.41) is 11.3. The number of esters is 2. The maximum Gasteiger partial charge on any atom is 0.329 e. The quantitative estimate of drug-likeness (QED) is 0.546. The van der Waals surface area contributed by atoms with Crippen LogP contribution in [0.3, 0.4) is 0 Å². The van der Waals surface area contributed by atoms with Gasteiger partial charge in [-0.2, -0.15) is 5.26 Å². The van der Waals surface area contributed by atoms with Gasteiger partial charge in [-0.05, 0) is 27.7 Å². The Labute approximate surface area is 151 Å². The molecule has 2 unspecified atom stereocenters. The van der Waals surface area contributed by atoms with Crippen LogP contribution in [0.5, 0.6) is 0 Å². The van der Waals surface area contributed by atoms with Gasteiger partial charge < -0.3 is 9.47 Å². The summed E-state index contributed by atoms with van der Waals surface area (Å²) in [6.07, 6.45) is 0.310. The predicted molar refractivity (Wildman–Crippen MR) is 91.6 cm³/mol. The van der Waals surface area contributed by atoms with E-state index in [1.165, 1.54) is 25.4 Å². The van der Waals surface area contributed by atoms with Crippen molar-refractivity contribution in [3.05, 3.63) is 27.5 Å². The van der Waals surface area contributed by atoms with E-state index in [0.717, 1.165) is 0 Å². The van der Waals surface area contributed by atoms with Gasteiger partial charge in [-0.3, -0.25) is 14.4 Å². The van der Waals surface area contributed by atoms with Crippen molar-refractivity contribution in [1.29, 1.82) is 5.26 Å². The second kappa shape index (κ2) is 8.09. The first kappa shape index (κ1) is 20.6. The summed E-state index contributed by atoms with van der Waals surface area (Å²) in [6, 6.07) is 0.602. The molecule has 0 saturated carbocycles. The van der Waals surface area contributed by atoms with E-state index in [-0.39, 0.29) is 12.6 Å². The third-order valence-electron chi connectivity index (χ3n) is 3.85. The second-order valence-corrected chi connectivity index (χ2v) is 7.14. The van der Waals surface area contributed by atoms with Gasteiger partial charge in [0, 0.05) is 11.8 Å². The van der Waals surface area contributed by atoms with Crippen molar-refractivity contribution >= 4 is 23.3 Å². The van der Waals surface area contributed by atoms with Crippen molar-refractivity contribution in [2.75, 3.05) is 13.7 Å². The van der Waals surface area contributed by atoms with Crippen LogP contribution < -0.4 is 0 Å². The van der Waals surface area contributed by atoms with Gasteiger partial charge >= 0.3 is 18.0 Å². The molecule has 1 rings (SSSR count). The molecule has 0 aromatic carbocycles. The highest BCUT2D eigenvalue weighted by atomic mass is 32.1. The van der Waals surface area contributed by atoms with E-state index in [1.807, 2.05) is 6.07 Å². The number of carbonyl (C=O) groups excluding carboxylic acids is 2. The fourth-order valence-corrected chi connectivity index (χ4v) is 3.31. The lowest BCUT2D eigenvalue weighted by atomic mass is 9.83. The first-order chi connectivity index (χ1) is 11.7. The van der Waals surface area contributed by atoms with Crippen LogP contribution in [0.15, 0.2) is 5.38 Å². The van der Waals surface area contributed by atoms with E-state index in [0.29, 0.717) is 17.1 Å². The molecule has 134 valence electrons. The fourth-order valence-electron chi connectivity index (χ4n) is 2.31. The van der Waals surface area contributed by atoms with E-state index in [1.54, 1.807) is 26.2 Å². The molecule has 7 nitrogen and oxygen atoms in total. The van der Waals surface area contributed by atoms with Crippen molar-refractivity contribution < 1.29 is 19.1 Å². The lowest BCUT2D eigenvalue weighted by Gasteiger charge is -2.22. The maximum atomic E-state index is 12.4. The largest absolute Gasteiger partial charge is 0.469 e. The van der Waals surface area contributed by atoms with Crippen LogP contribution in [0, 0.1) is 23.3 Å². The average molecular weight is 363 g/mol. The van der Waals surface area contributed by atoms with E-state index in [4.69, 9.17) is 16.0 Å². The zero-order valence-corrected chi connectivity index (χ0v) is 15.8. The van der Waals surface area contributed by atoms with E-state index in [9.17, 15) is 14.9 Å². The number of nitriles is 1. The van der Waals surface area contributed by atoms with Crippen molar-refractivity contribution in [1.82, 2.24) is 4.98 Å². The molecule has 0 aliphatic heterocycles. The van der Waals surface area contributed by atoms with Crippen molar-refractivity contribution in [2.24, 2.45) is 5.41 Å². The van der Waals surface area contributed by atoms with Crippen LogP contribution >= 0.6 is 11.3 Å². The van der Waals surface area contributed by atoms with Crippen LogP contribution in [0.2, 0.25) is 0 Å². The molecule has 8 heteroatoms. The van der Waals surface area contributed by atoms with E-state index in [2.05, 4.69) is 9.83 Å². The van der Waals surface area contributed by atoms with Gasteiger partial charge in [0.25, 0.3) is 0 Å². The zero-order chi connectivity index (χ0) is 19.3. The Morgan fingerprint density at radius 3 is 2.56 bits per heavy atom. The van der Waals surface area contributed by atoms with Crippen LogP contribution in [0.1, 0.15) is 38.4 Å². The number of hydrogen-bond acceptors (Lipinski definition) is 7. The molecule has 0 aliphatic carbocycles. The van der Waals surface area contributed by atoms with Gasteiger partial charge in [-0.15, -0.1) is 11.3 Å². The Morgan fingerprint density at radius 1 is 1.44 bits per heavy atom. The smallest absolute Gasteiger partial charge is 0.329 e. The number of hydrogen-bond donors (Lipinski definition) is 0. The topological polar surface area (TPSA) is 93.6 Å². The Hall–Kier alpha value is -2.45. The highest BCUT2D eigenvalue weighted by Crippen LogP contribution is 2.35. The Morgan fingerprint density at radius 2 is 2.08 bits per heavy atom. The summed E-state index contributed by atoms with van der Waals surface area (Å²) < 4.78 is 9.86. The van der Waals surface area contributed by atoms with Crippen LogP contribution in [0.4, 0.5) is 0 Å². The maximum absolute atomic E-state index is 12.4. The van der Waals surface area contributed by atoms with Crippen molar-refractivity contribution in [3.63, 3.8) is 0 Å². The van der Waals surface area contributed by atoms with Crippen LogP contribution in [-0.2, 0) is 30.9 Å². The molecule has 0 spiro atoms. The van der Waals surface area contributed by atoms with Crippen molar-refractivity contribution in [2.45, 2.75) is 45.6 Å². The average Bonchev–Trinajstić information content (AvgIpc) is 3.03. The van der Waals surface area contributed by atoms with Crippen LogP contribution in [0.25, 0.3) is 4.85 Å². The monoisotopic (exact) mass is 363 g/mol. The first-order valence-corrected chi connectivity index (χ1v) is 8.52. The highest BCUT2D eigenvalue weighted by Gasteiger charge is 2.52. The molecule has 0 aliphatic rings. The van der Waals surface area contributed by atoms with Crippen molar-refractivity contribution in [3.8, 4) is 6.07 Å². The number of ether oxygens (including phenoxy) is 2. The number of methoxy groups -OCH3 is 1. The molecule has 0 N–H and O–H groups in total.